The molecule has 6 nitrogen and oxygen atoms in total. The van der Waals surface area contributed by atoms with Crippen molar-refractivity contribution in [2.24, 2.45) is 0 Å². The van der Waals surface area contributed by atoms with Gasteiger partial charge in [-0.3, -0.25) is 14.0 Å². The summed E-state index contributed by atoms with van der Waals surface area (Å²) < 4.78 is 9.59. The van der Waals surface area contributed by atoms with Gasteiger partial charge in [0.05, 0.1) is 29.5 Å². The van der Waals surface area contributed by atoms with Crippen LogP contribution in [-0.2, 0) is 19.5 Å². The molecule has 0 N–H and O–H groups in total. The molecule has 0 aliphatic carbocycles. The van der Waals surface area contributed by atoms with E-state index in [1.54, 1.807) is 6.92 Å². The zero-order chi connectivity index (χ0) is 15.6. The Balaban J connectivity index is 2.53. The van der Waals surface area contributed by atoms with Gasteiger partial charge in [0.15, 0.2) is 0 Å². The molecule has 0 aliphatic rings. The van der Waals surface area contributed by atoms with Crippen molar-refractivity contribution in [1.29, 1.82) is 0 Å². The van der Waals surface area contributed by atoms with E-state index < -0.39 is 0 Å². The van der Waals surface area contributed by atoms with Crippen molar-refractivity contribution in [3.8, 4) is 6.01 Å². The number of nitrogens with zero attached hydrogens (tertiary/aromatic N) is 4. The van der Waals surface area contributed by atoms with Gasteiger partial charge >= 0.3 is 0 Å². The van der Waals surface area contributed by atoms with E-state index in [2.05, 4.69) is 32.9 Å². The molecule has 0 amide bonds. The monoisotopic (exact) mass is 354 g/mol. The number of methoxy groups -OCH3 is 1. The minimum atomic E-state index is -0.131. The quantitative estimate of drug-likeness (QED) is 0.825. The Labute approximate surface area is 131 Å². The van der Waals surface area contributed by atoms with Crippen LogP contribution in [0.4, 0.5) is 0 Å². The number of halogens is 1. The Bertz CT molecular complexity index is 706. The van der Waals surface area contributed by atoms with Crippen LogP contribution in [0.5, 0.6) is 6.01 Å². The minimum absolute atomic E-state index is 0.131. The lowest BCUT2D eigenvalue weighted by atomic mass is 10.3. The topological polar surface area (TPSA) is 61.9 Å². The van der Waals surface area contributed by atoms with Gasteiger partial charge in [-0.05, 0) is 36.2 Å². The summed E-state index contributed by atoms with van der Waals surface area (Å²) >= 11 is 3.59. The van der Waals surface area contributed by atoms with Crippen LogP contribution in [0.3, 0.4) is 0 Å². The molecule has 2 aromatic heterocycles. The molecular weight excluding hydrogens is 336 g/mol. The fourth-order valence-electron chi connectivity index (χ4n) is 2.21. The summed E-state index contributed by atoms with van der Waals surface area (Å²) in [5.41, 5.74) is 2.44. The first kappa shape index (κ1) is 15.8. The summed E-state index contributed by atoms with van der Waals surface area (Å²) in [5.74, 6) is 0. The normalized spacial score (nSPS) is 10.9. The standard InChI is InChI=1S/C14H19BrN4O2/c1-5-10-13(15)11(19(6-2)17-10)8-18-12(20)7-9(3)16-14(18)21-4/h7H,5-6,8H2,1-4H3. The van der Waals surface area contributed by atoms with Crippen LogP contribution in [0.25, 0.3) is 0 Å². The van der Waals surface area contributed by atoms with Crippen molar-refractivity contribution in [3.05, 3.63) is 38.0 Å². The van der Waals surface area contributed by atoms with Crippen LogP contribution >= 0.6 is 15.9 Å². The first-order chi connectivity index (χ1) is 10.0. The van der Waals surface area contributed by atoms with Gasteiger partial charge in [0.25, 0.3) is 11.6 Å². The van der Waals surface area contributed by atoms with Gasteiger partial charge in [-0.25, -0.2) is 4.98 Å². The molecule has 0 radical (unpaired) electrons. The molecule has 0 aliphatic heterocycles. The largest absolute Gasteiger partial charge is 0.468 e. The maximum absolute atomic E-state index is 12.2. The molecule has 114 valence electrons. The fourth-order valence-corrected chi connectivity index (χ4v) is 2.90. The molecule has 0 aromatic carbocycles. The second kappa shape index (κ2) is 6.43. The summed E-state index contributed by atoms with van der Waals surface area (Å²) in [6, 6.07) is 1.82. The Morgan fingerprint density at radius 2 is 2.10 bits per heavy atom. The average molecular weight is 355 g/mol. The van der Waals surface area contributed by atoms with Crippen molar-refractivity contribution in [1.82, 2.24) is 19.3 Å². The van der Waals surface area contributed by atoms with E-state index >= 15 is 0 Å². The Hall–Kier alpha value is -1.63. The van der Waals surface area contributed by atoms with E-state index in [4.69, 9.17) is 4.74 Å². The van der Waals surface area contributed by atoms with Gasteiger partial charge in [-0.2, -0.15) is 5.10 Å². The van der Waals surface area contributed by atoms with E-state index in [0.717, 1.165) is 28.8 Å². The summed E-state index contributed by atoms with van der Waals surface area (Å²) in [7, 11) is 1.52. The second-order valence-corrected chi connectivity index (χ2v) is 5.48. The molecule has 0 saturated heterocycles. The number of hydrogen-bond donors (Lipinski definition) is 0. The smallest absolute Gasteiger partial charge is 0.299 e. The predicted octanol–water partition coefficient (Wildman–Crippen LogP) is 2.15. The third kappa shape index (κ3) is 3.02. The van der Waals surface area contributed by atoms with Crippen LogP contribution in [-0.4, -0.2) is 26.4 Å². The third-order valence-corrected chi connectivity index (χ3v) is 4.20. The van der Waals surface area contributed by atoms with Crippen molar-refractivity contribution in [3.63, 3.8) is 0 Å². The lowest BCUT2D eigenvalue weighted by Crippen LogP contribution is -2.24. The highest BCUT2D eigenvalue weighted by atomic mass is 79.9. The van der Waals surface area contributed by atoms with Gasteiger partial charge in [0.1, 0.15) is 0 Å². The molecular formula is C14H19BrN4O2. The fraction of sp³-hybridized carbons (Fsp3) is 0.500. The summed E-state index contributed by atoms with van der Waals surface area (Å²) in [6.07, 6.45) is 0.832. The SMILES string of the molecule is CCc1nn(CC)c(Cn2c(OC)nc(C)cc2=O)c1Br. The molecule has 0 atom stereocenters. The van der Waals surface area contributed by atoms with Gasteiger partial charge < -0.3 is 4.74 Å². The van der Waals surface area contributed by atoms with Crippen LogP contribution in [0, 0.1) is 6.92 Å². The van der Waals surface area contributed by atoms with Crippen LogP contribution < -0.4 is 10.3 Å². The zero-order valence-electron chi connectivity index (χ0n) is 12.7. The Kier molecular flexibility index (Phi) is 4.82. The highest BCUT2D eigenvalue weighted by Crippen LogP contribution is 2.23. The maximum atomic E-state index is 12.2. The van der Waals surface area contributed by atoms with E-state index in [0.29, 0.717) is 18.2 Å². The second-order valence-electron chi connectivity index (χ2n) is 4.69. The molecule has 21 heavy (non-hydrogen) atoms. The van der Waals surface area contributed by atoms with Crippen molar-refractivity contribution in [2.45, 2.75) is 40.3 Å². The maximum Gasteiger partial charge on any atom is 0.299 e. The van der Waals surface area contributed by atoms with Crippen molar-refractivity contribution < 1.29 is 4.74 Å². The molecule has 2 rings (SSSR count). The van der Waals surface area contributed by atoms with Crippen LogP contribution in [0.2, 0.25) is 0 Å². The molecule has 0 fully saturated rings. The van der Waals surface area contributed by atoms with Crippen molar-refractivity contribution in [2.75, 3.05) is 7.11 Å². The first-order valence-electron chi connectivity index (χ1n) is 6.88. The zero-order valence-corrected chi connectivity index (χ0v) is 14.3. The number of hydrogen-bond acceptors (Lipinski definition) is 4. The third-order valence-electron chi connectivity index (χ3n) is 3.29. The minimum Gasteiger partial charge on any atom is -0.468 e. The van der Waals surface area contributed by atoms with Crippen LogP contribution in [0.1, 0.15) is 30.9 Å². The highest BCUT2D eigenvalue weighted by Gasteiger charge is 2.17. The molecule has 2 aromatic rings. The van der Waals surface area contributed by atoms with E-state index in [9.17, 15) is 4.79 Å². The first-order valence-corrected chi connectivity index (χ1v) is 7.67. The molecule has 0 unspecified atom stereocenters. The van der Waals surface area contributed by atoms with Crippen LogP contribution in [0.15, 0.2) is 15.3 Å². The summed E-state index contributed by atoms with van der Waals surface area (Å²) in [4.78, 5) is 16.5. The lowest BCUT2D eigenvalue weighted by Gasteiger charge is -2.12. The van der Waals surface area contributed by atoms with E-state index in [1.807, 2.05) is 11.6 Å². The highest BCUT2D eigenvalue weighted by molar-refractivity contribution is 9.10. The number of aromatic nitrogens is 4. The molecule has 0 bridgehead atoms. The Morgan fingerprint density at radius 3 is 2.67 bits per heavy atom. The Morgan fingerprint density at radius 1 is 1.38 bits per heavy atom. The van der Waals surface area contributed by atoms with Gasteiger partial charge in [-0.1, -0.05) is 6.92 Å². The number of ether oxygens (including phenoxy) is 1. The van der Waals surface area contributed by atoms with E-state index in [-0.39, 0.29) is 5.56 Å². The summed E-state index contributed by atoms with van der Waals surface area (Å²) in [5, 5.41) is 4.54. The number of aryl methyl sites for hydroxylation is 3. The lowest BCUT2D eigenvalue weighted by molar-refractivity contribution is 0.347. The van der Waals surface area contributed by atoms with Gasteiger partial charge in [0, 0.05) is 18.3 Å². The predicted molar refractivity (Wildman–Crippen MR) is 83.9 cm³/mol. The summed E-state index contributed by atoms with van der Waals surface area (Å²) in [6.45, 7) is 6.96. The average Bonchev–Trinajstić information content (AvgIpc) is 2.77. The van der Waals surface area contributed by atoms with Crippen molar-refractivity contribution >= 4 is 15.9 Å². The van der Waals surface area contributed by atoms with Gasteiger partial charge in [-0.15, -0.1) is 0 Å². The molecule has 0 saturated carbocycles. The molecule has 2 heterocycles. The molecule has 7 heteroatoms. The van der Waals surface area contributed by atoms with E-state index in [1.165, 1.54) is 17.7 Å². The number of rotatable bonds is 5. The molecule has 0 spiro atoms. The van der Waals surface area contributed by atoms with Gasteiger partial charge in [0.2, 0.25) is 0 Å².